The summed E-state index contributed by atoms with van der Waals surface area (Å²) in [6.45, 7) is 0. The van der Waals surface area contributed by atoms with E-state index in [1.807, 2.05) is 0 Å². The maximum atomic E-state index is 12.7. The minimum atomic E-state index is -1.04. The number of methoxy groups -OCH3 is 1. The van der Waals surface area contributed by atoms with Crippen molar-refractivity contribution in [1.82, 2.24) is 0 Å². The lowest BCUT2D eigenvalue weighted by atomic mass is 10.1. The van der Waals surface area contributed by atoms with Gasteiger partial charge in [-0.15, -0.1) is 0 Å². The number of carbonyl (C=O) groups is 2. The molecule has 1 fully saturated rings. The third-order valence-electron chi connectivity index (χ3n) is 3.65. The summed E-state index contributed by atoms with van der Waals surface area (Å²) in [6.07, 6.45) is 1.63. The number of carboxylic acids is 1. The highest BCUT2D eigenvalue weighted by Gasteiger charge is 2.33. The van der Waals surface area contributed by atoms with Crippen molar-refractivity contribution in [3.05, 3.63) is 58.5 Å². The number of anilines is 1. The number of hydrogen-bond acceptors (Lipinski definition) is 6. The smallest absolute Gasteiger partial charge is 0.335 e. The Balaban J connectivity index is 1.90. The molecule has 0 atom stereocenters. The number of aromatic carboxylic acids is 1. The lowest BCUT2D eigenvalue weighted by Gasteiger charge is -2.14. The summed E-state index contributed by atoms with van der Waals surface area (Å²) in [5.74, 6) is -1.40. The Morgan fingerprint density at radius 2 is 1.96 bits per heavy atom. The third kappa shape index (κ3) is 3.42. The Labute approximate surface area is 158 Å². The summed E-state index contributed by atoms with van der Waals surface area (Å²) < 4.78 is 5.35. The van der Waals surface area contributed by atoms with Gasteiger partial charge in [-0.1, -0.05) is 41.9 Å². The fourth-order valence-electron chi connectivity index (χ4n) is 2.37. The van der Waals surface area contributed by atoms with E-state index in [0.717, 1.165) is 11.8 Å². The van der Waals surface area contributed by atoms with Crippen LogP contribution in [0.5, 0.6) is 11.5 Å². The minimum absolute atomic E-state index is 0.125. The van der Waals surface area contributed by atoms with Gasteiger partial charge in [0.05, 0.1) is 23.3 Å². The Hall–Kier alpha value is -2.84. The molecule has 6 nitrogen and oxygen atoms in total. The van der Waals surface area contributed by atoms with Crippen molar-refractivity contribution in [3.8, 4) is 11.5 Å². The summed E-state index contributed by atoms with van der Waals surface area (Å²) >= 11 is 6.42. The van der Waals surface area contributed by atoms with E-state index in [9.17, 15) is 14.7 Å². The van der Waals surface area contributed by atoms with E-state index in [4.69, 9.17) is 22.1 Å². The summed E-state index contributed by atoms with van der Waals surface area (Å²) in [4.78, 5) is 25.4. The van der Waals surface area contributed by atoms with E-state index < -0.39 is 5.97 Å². The van der Waals surface area contributed by atoms with Crippen LogP contribution in [0, 0.1) is 0 Å². The van der Waals surface area contributed by atoms with Crippen LogP contribution in [-0.2, 0) is 4.79 Å². The number of nitrogens with zero attached hydrogens (tertiary/aromatic N) is 1. The molecule has 1 aliphatic rings. The van der Waals surface area contributed by atoms with Crippen LogP contribution in [-0.4, -0.2) is 28.4 Å². The van der Waals surface area contributed by atoms with Gasteiger partial charge in [-0.2, -0.15) is 0 Å². The van der Waals surface area contributed by atoms with Crippen molar-refractivity contribution >= 4 is 51.9 Å². The zero-order valence-corrected chi connectivity index (χ0v) is 15.1. The molecule has 0 bridgehead atoms. The topological polar surface area (TPSA) is 89.9 Å². The first kappa shape index (κ1) is 18.0. The number of amides is 1. The first-order valence-electron chi connectivity index (χ1n) is 7.37. The van der Waals surface area contributed by atoms with Crippen molar-refractivity contribution in [1.29, 1.82) is 0 Å². The number of rotatable bonds is 4. The molecular weight excluding hydrogens is 374 g/mol. The fourth-order valence-corrected chi connectivity index (χ4v) is 3.67. The van der Waals surface area contributed by atoms with E-state index in [0.29, 0.717) is 20.5 Å². The molecule has 1 aliphatic heterocycles. The molecule has 132 valence electrons. The molecule has 0 aromatic heterocycles. The molecule has 0 unspecified atom stereocenters. The molecule has 8 heteroatoms. The Bertz CT molecular complexity index is 937. The van der Waals surface area contributed by atoms with Crippen LogP contribution < -0.4 is 14.7 Å². The van der Waals surface area contributed by atoms with E-state index >= 15 is 0 Å². The molecule has 1 heterocycles. The maximum Gasteiger partial charge on any atom is 0.335 e. The van der Waals surface area contributed by atoms with Crippen molar-refractivity contribution in [3.63, 3.8) is 0 Å². The van der Waals surface area contributed by atoms with Crippen LogP contribution in [0.15, 0.2) is 47.4 Å². The summed E-state index contributed by atoms with van der Waals surface area (Å²) in [6, 6.07) is 10.4. The van der Waals surface area contributed by atoms with Gasteiger partial charge in [-0.3, -0.25) is 9.69 Å². The number of carboxylic acid groups (broad SMARTS) is 1. The van der Waals surface area contributed by atoms with E-state index in [-0.39, 0.29) is 23.0 Å². The van der Waals surface area contributed by atoms with Crippen LogP contribution in [0.4, 0.5) is 5.69 Å². The molecule has 0 aliphatic carbocycles. The number of thiocarbonyl (C=S) groups is 1. The molecule has 26 heavy (non-hydrogen) atoms. The molecule has 2 aromatic rings. The van der Waals surface area contributed by atoms with Crippen molar-refractivity contribution in [2.75, 3.05) is 12.0 Å². The van der Waals surface area contributed by atoms with Gasteiger partial charge in [0.25, 0.3) is 5.91 Å². The van der Waals surface area contributed by atoms with Crippen LogP contribution in [0.25, 0.3) is 6.08 Å². The second kappa shape index (κ2) is 7.19. The number of ether oxygens (including phenoxy) is 1. The molecule has 0 saturated carbocycles. The molecule has 0 radical (unpaired) electrons. The Morgan fingerprint density at radius 3 is 2.58 bits per heavy atom. The van der Waals surface area contributed by atoms with Gasteiger partial charge in [-0.25, -0.2) is 4.79 Å². The van der Waals surface area contributed by atoms with Gasteiger partial charge in [0.2, 0.25) is 0 Å². The maximum absolute atomic E-state index is 12.7. The highest BCUT2D eigenvalue weighted by Crippen LogP contribution is 2.36. The van der Waals surface area contributed by atoms with Crippen LogP contribution in [0.3, 0.4) is 0 Å². The average Bonchev–Trinajstić information content (AvgIpc) is 2.90. The van der Waals surface area contributed by atoms with Crippen molar-refractivity contribution < 1.29 is 24.5 Å². The second-order valence-electron chi connectivity index (χ2n) is 5.28. The largest absolute Gasteiger partial charge is 0.870 e. The van der Waals surface area contributed by atoms with Crippen LogP contribution >= 0.6 is 24.0 Å². The van der Waals surface area contributed by atoms with E-state index in [1.165, 1.54) is 42.3 Å². The molecular formula is C18H12NO5S2-. The number of hydrogen-bond donors (Lipinski definition) is 1. The fraction of sp³-hybridized carbons (Fsp3) is 0.0556. The van der Waals surface area contributed by atoms with E-state index in [2.05, 4.69) is 0 Å². The standard InChI is InChI=1S/C18H13NO5S2/c1-24-14-8-10(2-7-13(14)20)9-15-16(21)19(18(25)26-15)12-5-3-11(4-6-12)17(22)23/h2-9,20H,1H3,(H,22,23)/p-1/b15-9+. The predicted molar refractivity (Wildman–Crippen MR) is 101 cm³/mol. The average molecular weight is 386 g/mol. The van der Waals surface area contributed by atoms with E-state index in [1.54, 1.807) is 18.2 Å². The van der Waals surface area contributed by atoms with Crippen LogP contribution in [0.2, 0.25) is 0 Å². The molecule has 1 amide bonds. The van der Waals surface area contributed by atoms with Gasteiger partial charge in [-0.05, 0) is 42.0 Å². The number of thioether (sulfide) groups is 1. The number of carbonyl (C=O) groups excluding carboxylic acids is 1. The molecule has 1 N–H and O–H groups in total. The number of benzene rings is 2. The summed E-state index contributed by atoms with van der Waals surface area (Å²) in [5.41, 5.74) is 1.26. The Morgan fingerprint density at radius 1 is 1.27 bits per heavy atom. The zero-order chi connectivity index (χ0) is 18.8. The minimum Gasteiger partial charge on any atom is -0.870 e. The first-order valence-corrected chi connectivity index (χ1v) is 8.59. The third-order valence-corrected chi connectivity index (χ3v) is 4.95. The van der Waals surface area contributed by atoms with Crippen molar-refractivity contribution in [2.45, 2.75) is 0 Å². The monoisotopic (exact) mass is 386 g/mol. The van der Waals surface area contributed by atoms with Gasteiger partial charge in [0.15, 0.2) is 4.32 Å². The predicted octanol–water partition coefficient (Wildman–Crippen LogP) is 2.87. The lowest BCUT2D eigenvalue weighted by Crippen LogP contribution is -2.27. The van der Waals surface area contributed by atoms with Gasteiger partial charge in [0.1, 0.15) is 5.75 Å². The molecule has 0 spiro atoms. The molecule has 2 aromatic carbocycles. The van der Waals surface area contributed by atoms with Crippen LogP contribution in [0.1, 0.15) is 15.9 Å². The van der Waals surface area contributed by atoms with Gasteiger partial charge >= 0.3 is 5.97 Å². The first-order chi connectivity index (χ1) is 12.4. The zero-order valence-electron chi connectivity index (χ0n) is 13.5. The quantitative estimate of drug-likeness (QED) is 0.638. The van der Waals surface area contributed by atoms with Gasteiger partial charge < -0.3 is 14.9 Å². The SMILES string of the molecule is COc1cc(/C=C2/SC(=S)N(c3ccc(C(=O)O)cc3)C2=O)ccc1[O-]. The molecule has 3 rings (SSSR count). The molecule has 1 saturated heterocycles. The Kier molecular flexibility index (Phi) is 4.97. The summed E-state index contributed by atoms with van der Waals surface area (Å²) in [5, 5.41) is 20.5. The highest BCUT2D eigenvalue weighted by molar-refractivity contribution is 8.27. The normalized spacial score (nSPS) is 15.6. The summed E-state index contributed by atoms with van der Waals surface area (Å²) in [7, 11) is 1.40. The lowest BCUT2D eigenvalue weighted by molar-refractivity contribution is -0.270. The second-order valence-corrected chi connectivity index (χ2v) is 6.96. The highest BCUT2D eigenvalue weighted by atomic mass is 32.2. The van der Waals surface area contributed by atoms with Gasteiger partial charge in [0, 0.05) is 0 Å². The van der Waals surface area contributed by atoms with Crippen molar-refractivity contribution in [2.24, 2.45) is 0 Å².